The number of ether oxygens (including phenoxy) is 3. The van der Waals surface area contributed by atoms with Crippen LogP contribution in [0, 0.1) is 0 Å². The maximum Gasteiger partial charge on any atom is 0.203 e. The molecule has 0 aliphatic carbocycles. The van der Waals surface area contributed by atoms with E-state index in [1.807, 2.05) is 18.2 Å². The minimum Gasteiger partial charge on any atom is -0.493 e. The second-order valence-corrected chi connectivity index (χ2v) is 4.37. The molecule has 6 heteroatoms. The number of rotatable bonds is 4. The summed E-state index contributed by atoms with van der Waals surface area (Å²) >= 11 is 0. The van der Waals surface area contributed by atoms with E-state index in [9.17, 15) is 0 Å². The van der Waals surface area contributed by atoms with Gasteiger partial charge in [0.15, 0.2) is 17.1 Å². The standard InChI is InChI=1S/C15H15N3O3/c1-19-11-6-9(7-12(20-2)14(11)21-3)10-4-5-16-15-13(10)17-8-18-15/h4-8H,1-3H3,(H,16,17,18). The van der Waals surface area contributed by atoms with Gasteiger partial charge in [-0.25, -0.2) is 9.97 Å². The van der Waals surface area contributed by atoms with Crippen LogP contribution in [0.1, 0.15) is 0 Å². The lowest BCUT2D eigenvalue weighted by molar-refractivity contribution is 0.324. The van der Waals surface area contributed by atoms with Gasteiger partial charge >= 0.3 is 0 Å². The predicted octanol–water partition coefficient (Wildman–Crippen LogP) is 2.65. The summed E-state index contributed by atoms with van der Waals surface area (Å²) in [7, 11) is 4.77. The van der Waals surface area contributed by atoms with Crippen LogP contribution >= 0.6 is 0 Å². The lowest BCUT2D eigenvalue weighted by atomic mass is 10.0. The molecule has 1 aromatic carbocycles. The second-order valence-electron chi connectivity index (χ2n) is 4.37. The van der Waals surface area contributed by atoms with E-state index in [1.165, 1.54) is 0 Å². The van der Waals surface area contributed by atoms with E-state index in [-0.39, 0.29) is 0 Å². The third kappa shape index (κ3) is 2.14. The predicted molar refractivity (Wildman–Crippen MR) is 79.0 cm³/mol. The highest BCUT2D eigenvalue weighted by atomic mass is 16.5. The Labute approximate surface area is 121 Å². The van der Waals surface area contributed by atoms with Crippen molar-refractivity contribution < 1.29 is 14.2 Å². The summed E-state index contributed by atoms with van der Waals surface area (Å²) < 4.78 is 16.1. The van der Waals surface area contributed by atoms with Crippen LogP contribution in [0.15, 0.2) is 30.7 Å². The molecule has 3 aromatic rings. The van der Waals surface area contributed by atoms with Crippen molar-refractivity contribution in [2.24, 2.45) is 0 Å². The van der Waals surface area contributed by atoms with Gasteiger partial charge in [-0.05, 0) is 23.8 Å². The molecule has 0 fully saturated rings. The van der Waals surface area contributed by atoms with Gasteiger partial charge < -0.3 is 19.2 Å². The normalized spacial score (nSPS) is 10.6. The molecule has 0 spiro atoms. The Kier molecular flexibility index (Phi) is 3.35. The molecule has 0 saturated carbocycles. The molecular weight excluding hydrogens is 270 g/mol. The summed E-state index contributed by atoms with van der Waals surface area (Å²) in [5.41, 5.74) is 3.40. The van der Waals surface area contributed by atoms with Crippen molar-refractivity contribution in [2.75, 3.05) is 21.3 Å². The molecule has 0 bridgehead atoms. The summed E-state index contributed by atoms with van der Waals surface area (Å²) in [6, 6.07) is 5.69. The topological polar surface area (TPSA) is 69.3 Å². The highest BCUT2D eigenvalue weighted by molar-refractivity contribution is 5.90. The Morgan fingerprint density at radius 3 is 2.29 bits per heavy atom. The fourth-order valence-corrected chi connectivity index (χ4v) is 2.32. The van der Waals surface area contributed by atoms with E-state index in [0.29, 0.717) is 17.2 Å². The van der Waals surface area contributed by atoms with Gasteiger partial charge in [0.1, 0.15) is 5.52 Å². The molecule has 21 heavy (non-hydrogen) atoms. The van der Waals surface area contributed by atoms with Gasteiger partial charge in [-0.1, -0.05) is 0 Å². The average molecular weight is 285 g/mol. The molecule has 0 radical (unpaired) electrons. The zero-order valence-electron chi connectivity index (χ0n) is 12.0. The molecule has 3 rings (SSSR count). The zero-order chi connectivity index (χ0) is 14.8. The largest absolute Gasteiger partial charge is 0.493 e. The minimum absolute atomic E-state index is 0.566. The van der Waals surface area contributed by atoms with Gasteiger partial charge in [-0.3, -0.25) is 0 Å². The number of methoxy groups -OCH3 is 3. The van der Waals surface area contributed by atoms with Crippen LogP contribution in [0.2, 0.25) is 0 Å². The van der Waals surface area contributed by atoms with Gasteiger partial charge in [0.25, 0.3) is 0 Å². The molecule has 0 atom stereocenters. The van der Waals surface area contributed by atoms with E-state index in [4.69, 9.17) is 14.2 Å². The first-order valence-electron chi connectivity index (χ1n) is 6.37. The van der Waals surface area contributed by atoms with Gasteiger partial charge in [-0.15, -0.1) is 0 Å². The number of nitrogens with zero attached hydrogens (tertiary/aromatic N) is 2. The Morgan fingerprint density at radius 1 is 0.952 bits per heavy atom. The number of aromatic amines is 1. The smallest absolute Gasteiger partial charge is 0.203 e. The van der Waals surface area contributed by atoms with Crippen molar-refractivity contribution in [1.29, 1.82) is 0 Å². The summed E-state index contributed by atoms with van der Waals surface area (Å²) in [6.45, 7) is 0. The molecule has 0 aliphatic heterocycles. The molecular formula is C15H15N3O3. The zero-order valence-corrected chi connectivity index (χ0v) is 12.0. The van der Waals surface area contributed by atoms with Crippen LogP contribution in [-0.2, 0) is 0 Å². The van der Waals surface area contributed by atoms with Crippen LogP contribution in [0.3, 0.4) is 0 Å². The fraction of sp³-hybridized carbons (Fsp3) is 0.200. The number of fused-ring (bicyclic) bond motifs is 1. The molecule has 108 valence electrons. The lowest BCUT2D eigenvalue weighted by Gasteiger charge is -2.14. The van der Waals surface area contributed by atoms with Crippen molar-refractivity contribution in [1.82, 2.24) is 15.0 Å². The first-order chi connectivity index (χ1) is 10.3. The Balaban J connectivity index is 2.25. The molecule has 2 heterocycles. The Bertz CT molecular complexity index is 758. The van der Waals surface area contributed by atoms with E-state index in [0.717, 1.165) is 22.3 Å². The molecule has 0 aliphatic rings. The summed E-state index contributed by atoms with van der Waals surface area (Å²) in [4.78, 5) is 11.6. The van der Waals surface area contributed by atoms with E-state index in [1.54, 1.807) is 33.9 Å². The number of hydrogen-bond acceptors (Lipinski definition) is 5. The number of benzene rings is 1. The van der Waals surface area contributed by atoms with Crippen LogP contribution in [0.25, 0.3) is 22.3 Å². The first-order valence-corrected chi connectivity index (χ1v) is 6.37. The number of pyridine rings is 1. The van der Waals surface area contributed by atoms with E-state index < -0.39 is 0 Å². The summed E-state index contributed by atoms with van der Waals surface area (Å²) in [5, 5.41) is 0. The highest BCUT2D eigenvalue weighted by Crippen LogP contribution is 2.41. The van der Waals surface area contributed by atoms with E-state index >= 15 is 0 Å². The Morgan fingerprint density at radius 2 is 1.67 bits per heavy atom. The fourth-order valence-electron chi connectivity index (χ4n) is 2.32. The number of H-pyrrole nitrogens is 1. The average Bonchev–Trinajstić information content (AvgIpc) is 3.01. The van der Waals surface area contributed by atoms with Gasteiger partial charge in [-0.2, -0.15) is 0 Å². The number of imidazole rings is 1. The number of nitrogens with one attached hydrogen (secondary N) is 1. The highest BCUT2D eigenvalue weighted by Gasteiger charge is 2.16. The van der Waals surface area contributed by atoms with Crippen molar-refractivity contribution in [3.05, 3.63) is 30.7 Å². The van der Waals surface area contributed by atoms with E-state index in [2.05, 4.69) is 15.0 Å². The molecule has 0 unspecified atom stereocenters. The van der Waals surface area contributed by atoms with Crippen LogP contribution in [0.5, 0.6) is 17.2 Å². The van der Waals surface area contributed by atoms with Gasteiger partial charge in [0, 0.05) is 11.8 Å². The number of aromatic nitrogens is 3. The van der Waals surface area contributed by atoms with Gasteiger partial charge in [0.2, 0.25) is 5.75 Å². The third-order valence-corrected chi connectivity index (χ3v) is 3.29. The molecule has 6 nitrogen and oxygen atoms in total. The van der Waals surface area contributed by atoms with Crippen LogP contribution < -0.4 is 14.2 Å². The summed E-state index contributed by atoms with van der Waals surface area (Å²) in [5.74, 6) is 1.77. The molecule has 2 aromatic heterocycles. The van der Waals surface area contributed by atoms with Crippen molar-refractivity contribution in [2.45, 2.75) is 0 Å². The maximum atomic E-state index is 5.39. The van der Waals surface area contributed by atoms with Gasteiger partial charge in [0.05, 0.1) is 27.7 Å². The molecule has 0 saturated heterocycles. The van der Waals surface area contributed by atoms with Crippen molar-refractivity contribution >= 4 is 11.2 Å². The Hall–Kier alpha value is -2.76. The first kappa shape index (κ1) is 13.2. The van der Waals surface area contributed by atoms with Crippen LogP contribution in [0.4, 0.5) is 0 Å². The SMILES string of the molecule is COc1cc(-c2ccnc3[nH]cnc23)cc(OC)c1OC. The number of hydrogen-bond donors (Lipinski definition) is 1. The molecule has 1 N–H and O–H groups in total. The van der Waals surface area contributed by atoms with Crippen molar-refractivity contribution in [3.63, 3.8) is 0 Å². The lowest BCUT2D eigenvalue weighted by Crippen LogP contribution is -1.96. The van der Waals surface area contributed by atoms with Crippen molar-refractivity contribution in [3.8, 4) is 28.4 Å². The van der Waals surface area contributed by atoms with Crippen LogP contribution in [-0.4, -0.2) is 36.3 Å². The minimum atomic E-state index is 0.566. The third-order valence-electron chi connectivity index (χ3n) is 3.29. The summed E-state index contributed by atoms with van der Waals surface area (Å²) in [6.07, 6.45) is 3.36. The second kappa shape index (κ2) is 5.32. The maximum absolute atomic E-state index is 5.39. The quantitative estimate of drug-likeness (QED) is 0.798. The molecule has 0 amide bonds. The monoisotopic (exact) mass is 285 g/mol.